The fourth-order valence-electron chi connectivity index (χ4n) is 13.5. The zero-order chi connectivity index (χ0) is 42.9. The minimum Gasteiger partial charge on any atom is -0.550 e. The average Bonchev–Trinajstić information content (AvgIpc) is 3.11. The second kappa shape index (κ2) is 17.8. The van der Waals surface area contributed by atoms with Crippen molar-refractivity contribution in [3.63, 3.8) is 0 Å². The van der Waals surface area contributed by atoms with Crippen LogP contribution in [0.4, 0.5) is 0 Å². The van der Waals surface area contributed by atoms with Gasteiger partial charge in [0.25, 0.3) is 0 Å². The number of fused-ring (bicyclic) bond motifs is 7. The molecular weight excluding hydrogens is 781 g/mol. The van der Waals surface area contributed by atoms with Gasteiger partial charge < -0.3 is 74.2 Å². The largest absolute Gasteiger partial charge is 1.00 e. The summed E-state index contributed by atoms with van der Waals surface area (Å²) in [5, 5.41) is 89.6. The van der Waals surface area contributed by atoms with Crippen LogP contribution in [0.3, 0.4) is 0 Å². The summed E-state index contributed by atoms with van der Waals surface area (Å²) in [4.78, 5) is 51.2. The molecule has 19 unspecified atom stereocenters. The quantitative estimate of drug-likeness (QED) is 0.118. The molecule has 0 amide bonds. The maximum atomic E-state index is 14.9. The molecule has 7 rings (SSSR count). The number of carbonyl (C=O) groups excluding carboxylic acids is 4. The molecule has 2 aliphatic heterocycles. The van der Waals surface area contributed by atoms with E-state index in [0.717, 1.165) is 37.7 Å². The fraction of sp³-hybridized carbons (Fsp3) is 0.857. The second-order valence-corrected chi connectivity index (χ2v) is 20.7. The van der Waals surface area contributed by atoms with Gasteiger partial charge in [0, 0.05) is 17.3 Å². The normalized spacial score (nSPS) is 50.0. The van der Waals surface area contributed by atoms with Gasteiger partial charge in [0.15, 0.2) is 18.4 Å². The van der Waals surface area contributed by atoms with Crippen molar-refractivity contribution in [3.05, 3.63) is 11.6 Å². The van der Waals surface area contributed by atoms with Gasteiger partial charge in [-0.1, -0.05) is 54.0 Å². The van der Waals surface area contributed by atoms with Crippen LogP contribution in [-0.2, 0) is 38.1 Å². The summed E-state index contributed by atoms with van der Waals surface area (Å²) in [5.74, 6) is -5.40. The van der Waals surface area contributed by atoms with Gasteiger partial charge in [-0.15, -0.1) is 0 Å². The van der Waals surface area contributed by atoms with Gasteiger partial charge in [0.1, 0.15) is 48.8 Å². The Balaban J connectivity index is 0.00000273. The SMILES string of the molecule is CC1(C(=O)[O-])CCC2(C)CCC3(C)C(=CC(=O)C4C5(C)CC(OC6OC(C(=O)[O-])C(OC7OC(C(=O)[O-])C(O)C(O)C7O)C(O)C6O)CC(C)(C)C5CCC43C)C2C1.[Li+].[Li+].[Li+]. The van der Waals surface area contributed by atoms with Crippen LogP contribution in [-0.4, -0.2) is 117 Å². The Bertz CT molecular complexity index is 1750. The van der Waals surface area contributed by atoms with E-state index in [2.05, 4.69) is 41.5 Å². The van der Waals surface area contributed by atoms with Crippen LogP contribution in [0.5, 0.6) is 0 Å². The van der Waals surface area contributed by atoms with Gasteiger partial charge in [0.2, 0.25) is 0 Å². The number of allylic oxidation sites excluding steroid dienone is 2. The Morgan fingerprint density at radius 1 is 0.689 bits per heavy atom. The van der Waals surface area contributed by atoms with E-state index >= 15 is 0 Å². The summed E-state index contributed by atoms with van der Waals surface area (Å²) in [6.45, 7) is 14.8. The van der Waals surface area contributed by atoms with Crippen molar-refractivity contribution >= 4 is 23.7 Å². The smallest absolute Gasteiger partial charge is 0.550 e. The summed E-state index contributed by atoms with van der Waals surface area (Å²) in [6, 6.07) is 0. The van der Waals surface area contributed by atoms with Crippen LogP contribution < -0.4 is 71.9 Å². The number of ketones is 1. The van der Waals surface area contributed by atoms with Crippen LogP contribution in [0.1, 0.15) is 106 Å². The van der Waals surface area contributed by atoms with Gasteiger partial charge in [0.05, 0.1) is 18.0 Å². The number of aliphatic hydroxyl groups excluding tert-OH is 5. The number of ether oxygens (including phenoxy) is 4. The number of carbonyl (C=O) groups is 4. The summed E-state index contributed by atoms with van der Waals surface area (Å²) in [5.41, 5.74) is -2.05. The van der Waals surface area contributed by atoms with E-state index < -0.39 is 118 Å². The molecule has 326 valence electrons. The number of aliphatic carboxylic acids is 3. The first-order chi connectivity index (χ1) is 26.7. The summed E-state index contributed by atoms with van der Waals surface area (Å²) < 4.78 is 22.6. The third kappa shape index (κ3) is 8.27. The fourth-order valence-corrected chi connectivity index (χ4v) is 13.5. The molecule has 0 bridgehead atoms. The minimum atomic E-state index is -2.19. The van der Waals surface area contributed by atoms with E-state index in [-0.39, 0.29) is 79.6 Å². The van der Waals surface area contributed by atoms with E-state index in [4.69, 9.17) is 18.9 Å². The van der Waals surface area contributed by atoms with Crippen LogP contribution in [0.2, 0.25) is 0 Å². The number of hydrogen-bond donors (Lipinski definition) is 5. The Labute approximate surface area is 392 Å². The average molecular weight is 841 g/mol. The summed E-state index contributed by atoms with van der Waals surface area (Å²) >= 11 is 0. The van der Waals surface area contributed by atoms with E-state index in [0.29, 0.717) is 25.7 Å². The van der Waals surface area contributed by atoms with Crippen molar-refractivity contribution in [2.75, 3.05) is 0 Å². The maximum Gasteiger partial charge on any atom is 1.00 e. The molecule has 0 spiro atoms. The van der Waals surface area contributed by atoms with E-state index in [1.54, 1.807) is 6.92 Å². The van der Waals surface area contributed by atoms with Crippen LogP contribution >= 0.6 is 0 Å². The standard InChI is InChI=1S/C42H62O16.3Li/c1-37(2)15-18(55-34-27(48)25(46)28(30(58-34)33(51)52)56-35-26(47)23(44)24(45)29(57-35)32(49)50)16-40(5)22(37)8-9-42(7)31(40)21(43)14-19-20-17-39(4,36(53)54)11-10-38(20,3)12-13-41(19,42)6;;;/h14,18,20,22-31,34-35,44-48H,8-13,15-17H2,1-7H3,(H,49,50)(H,51,52)(H,53,54);;;/q;3*+1/p-3. The van der Waals surface area contributed by atoms with Crippen molar-refractivity contribution in [2.24, 2.45) is 50.2 Å². The molecule has 0 aromatic rings. The van der Waals surface area contributed by atoms with Crippen LogP contribution in [0.25, 0.3) is 0 Å². The number of carboxylic acid groups (broad SMARTS) is 3. The van der Waals surface area contributed by atoms with Gasteiger partial charge >= 0.3 is 56.6 Å². The third-order valence-electron chi connectivity index (χ3n) is 16.9. The topological polar surface area (TPSA) is 276 Å². The molecule has 4 saturated carbocycles. The van der Waals surface area contributed by atoms with Gasteiger partial charge in [-0.2, -0.15) is 0 Å². The van der Waals surface area contributed by atoms with E-state index in [9.17, 15) is 60.0 Å². The monoisotopic (exact) mass is 840 g/mol. The van der Waals surface area contributed by atoms with Crippen molar-refractivity contribution < 1.29 is 136 Å². The molecule has 2 heterocycles. The van der Waals surface area contributed by atoms with Crippen LogP contribution in [0, 0.1) is 50.2 Å². The Morgan fingerprint density at radius 3 is 1.84 bits per heavy atom. The first-order valence-corrected chi connectivity index (χ1v) is 20.7. The number of rotatable bonds is 7. The molecule has 0 aromatic carbocycles. The molecule has 19 heteroatoms. The molecule has 5 N–H and O–H groups in total. The van der Waals surface area contributed by atoms with E-state index in [1.807, 2.05) is 6.08 Å². The number of hydrogen-bond acceptors (Lipinski definition) is 16. The molecular formula is C42H59Li3O16. The van der Waals surface area contributed by atoms with Gasteiger partial charge in [-0.3, -0.25) is 4.79 Å². The van der Waals surface area contributed by atoms with Gasteiger partial charge in [-0.05, 0) is 103 Å². The Kier molecular flexibility index (Phi) is 15.4. The predicted octanol–water partition coefficient (Wildman–Crippen LogP) is -10.7. The molecule has 16 nitrogen and oxygen atoms in total. The molecule has 6 fully saturated rings. The second-order valence-electron chi connectivity index (χ2n) is 20.7. The zero-order valence-corrected chi connectivity index (χ0v) is 37.3. The number of aliphatic hydroxyl groups is 5. The van der Waals surface area contributed by atoms with E-state index in [1.165, 1.54) is 0 Å². The van der Waals surface area contributed by atoms with Crippen molar-refractivity contribution in [2.45, 2.75) is 174 Å². The third-order valence-corrected chi connectivity index (χ3v) is 16.9. The number of carboxylic acids is 3. The summed E-state index contributed by atoms with van der Waals surface area (Å²) in [6.07, 6.45) is -13.6. The zero-order valence-electron chi connectivity index (χ0n) is 37.3. The first kappa shape index (κ1) is 52.9. The molecule has 2 saturated heterocycles. The van der Waals surface area contributed by atoms with Crippen LogP contribution in [0.15, 0.2) is 11.6 Å². The van der Waals surface area contributed by atoms with Crippen molar-refractivity contribution in [1.29, 1.82) is 0 Å². The van der Waals surface area contributed by atoms with Crippen molar-refractivity contribution in [3.8, 4) is 0 Å². The van der Waals surface area contributed by atoms with Gasteiger partial charge in [-0.25, -0.2) is 0 Å². The molecule has 19 atom stereocenters. The molecule has 7 aliphatic rings. The molecule has 5 aliphatic carbocycles. The summed E-state index contributed by atoms with van der Waals surface area (Å²) in [7, 11) is 0. The first-order valence-electron chi connectivity index (χ1n) is 20.7. The Morgan fingerprint density at radius 2 is 1.25 bits per heavy atom. The molecule has 0 radical (unpaired) electrons. The molecule has 0 aromatic heterocycles. The minimum absolute atomic E-state index is 0. The maximum absolute atomic E-state index is 14.9. The van der Waals surface area contributed by atoms with Crippen molar-refractivity contribution in [1.82, 2.24) is 0 Å². The molecule has 61 heavy (non-hydrogen) atoms. The predicted molar refractivity (Wildman–Crippen MR) is 192 cm³/mol. The Hall–Kier alpha value is -0.748.